The average molecular weight is 436 g/mol. The lowest BCUT2D eigenvalue weighted by Crippen LogP contribution is -2.51. The van der Waals surface area contributed by atoms with E-state index in [4.69, 9.17) is 11.6 Å². The number of nitrogens with zero attached hydrogens (tertiary/aromatic N) is 4. The van der Waals surface area contributed by atoms with E-state index in [1.54, 1.807) is 24.7 Å². The quantitative estimate of drug-likeness (QED) is 0.620. The largest absolute Gasteiger partial charge is 0.368 e. The minimum absolute atomic E-state index is 0.0371. The van der Waals surface area contributed by atoms with Crippen molar-refractivity contribution in [2.24, 2.45) is 5.92 Å². The Balaban J connectivity index is 1.61. The smallest absolute Gasteiger partial charge is 0.273 e. The van der Waals surface area contributed by atoms with Crippen molar-refractivity contribution >= 4 is 23.3 Å². The first kappa shape index (κ1) is 21.2. The van der Waals surface area contributed by atoms with Crippen LogP contribution in [0.1, 0.15) is 35.9 Å². The molecule has 6 nitrogen and oxygen atoms in total. The van der Waals surface area contributed by atoms with Crippen LogP contribution in [0.2, 0.25) is 5.02 Å². The highest BCUT2D eigenvalue weighted by atomic mass is 35.5. The van der Waals surface area contributed by atoms with E-state index >= 15 is 0 Å². The number of hydrogen-bond acceptors (Lipinski definition) is 5. The molecule has 0 spiro atoms. The van der Waals surface area contributed by atoms with Gasteiger partial charge in [-0.15, -0.1) is 0 Å². The van der Waals surface area contributed by atoms with Crippen LogP contribution < -0.4 is 5.32 Å². The number of piperidine rings is 1. The summed E-state index contributed by atoms with van der Waals surface area (Å²) in [6.45, 7) is 5.45. The fraction of sp³-hybridized carbons (Fsp3) is 0.333. The molecule has 1 amide bonds. The number of carbonyl (C=O) groups excluding carboxylic acids is 1. The Morgan fingerprint density at radius 1 is 1.23 bits per heavy atom. The van der Waals surface area contributed by atoms with Gasteiger partial charge in [0.05, 0.1) is 11.1 Å². The van der Waals surface area contributed by atoms with Crippen molar-refractivity contribution in [1.82, 2.24) is 19.9 Å². The predicted octanol–water partition coefficient (Wildman–Crippen LogP) is 4.85. The number of amides is 1. The lowest BCUT2D eigenvalue weighted by atomic mass is 9.90. The van der Waals surface area contributed by atoms with Crippen LogP contribution in [0.3, 0.4) is 0 Å². The number of anilines is 1. The van der Waals surface area contributed by atoms with Gasteiger partial charge in [-0.3, -0.25) is 9.78 Å². The van der Waals surface area contributed by atoms with Crippen LogP contribution in [-0.4, -0.2) is 44.9 Å². The molecule has 7 heteroatoms. The zero-order chi connectivity index (χ0) is 21.8. The van der Waals surface area contributed by atoms with Crippen LogP contribution >= 0.6 is 11.6 Å². The fourth-order valence-corrected chi connectivity index (χ4v) is 4.22. The van der Waals surface area contributed by atoms with Crippen molar-refractivity contribution < 1.29 is 4.79 Å². The maximum absolute atomic E-state index is 13.7. The van der Waals surface area contributed by atoms with Crippen LogP contribution in [0, 0.1) is 12.8 Å². The van der Waals surface area contributed by atoms with Crippen LogP contribution in [0.4, 0.5) is 5.82 Å². The highest BCUT2D eigenvalue weighted by Crippen LogP contribution is 2.29. The molecule has 3 aromatic rings. The number of aromatic nitrogens is 3. The Kier molecular flexibility index (Phi) is 6.47. The molecule has 4 heterocycles. The minimum atomic E-state index is -0.0371. The average Bonchev–Trinajstić information content (AvgIpc) is 2.79. The third kappa shape index (κ3) is 4.85. The SMILES string of the molecule is Cc1ccc(-c2cccnc2)c(C(=O)N2CCC[C@@H](C)C2CNc2ccc(Cl)cn2)n1. The molecule has 1 fully saturated rings. The molecular formula is C24H26ClN5O. The van der Waals surface area contributed by atoms with Gasteiger partial charge in [-0.2, -0.15) is 0 Å². The van der Waals surface area contributed by atoms with E-state index in [1.807, 2.05) is 42.2 Å². The second-order valence-corrected chi connectivity index (χ2v) is 8.45. The van der Waals surface area contributed by atoms with Crippen LogP contribution in [0.15, 0.2) is 55.0 Å². The summed E-state index contributed by atoms with van der Waals surface area (Å²) in [7, 11) is 0. The highest BCUT2D eigenvalue weighted by Gasteiger charge is 2.34. The van der Waals surface area contributed by atoms with Gasteiger partial charge < -0.3 is 10.2 Å². The molecular weight excluding hydrogens is 410 g/mol. The van der Waals surface area contributed by atoms with E-state index in [0.29, 0.717) is 29.7 Å². The van der Waals surface area contributed by atoms with E-state index in [1.165, 1.54) is 0 Å². The van der Waals surface area contributed by atoms with Gasteiger partial charge in [0, 0.05) is 48.5 Å². The first-order valence-electron chi connectivity index (χ1n) is 10.6. The molecule has 3 aromatic heterocycles. The van der Waals surface area contributed by atoms with Gasteiger partial charge in [0.1, 0.15) is 11.5 Å². The van der Waals surface area contributed by atoms with Gasteiger partial charge in [-0.25, -0.2) is 9.97 Å². The van der Waals surface area contributed by atoms with Gasteiger partial charge in [-0.05, 0) is 49.9 Å². The number of pyridine rings is 3. The zero-order valence-electron chi connectivity index (χ0n) is 17.8. The molecule has 1 saturated heterocycles. The number of hydrogen-bond donors (Lipinski definition) is 1. The molecule has 0 aromatic carbocycles. The Morgan fingerprint density at radius 2 is 2.10 bits per heavy atom. The topological polar surface area (TPSA) is 71.0 Å². The van der Waals surface area contributed by atoms with E-state index in [-0.39, 0.29) is 11.9 Å². The van der Waals surface area contributed by atoms with E-state index in [0.717, 1.165) is 35.5 Å². The van der Waals surface area contributed by atoms with Crippen molar-refractivity contribution in [1.29, 1.82) is 0 Å². The molecule has 31 heavy (non-hydrogen) atoms. The summed E-state index contributed by atoms with van der Waals surface area (Å²) in [5.41, 5.74) is 3.01. The summed E-state index contributed by atoms with van der Waals surface area (Å²) in [6.07, 6.45) is 7.18. The Labute approximate surface area is 187 Å². The predicted molar refractivity (Wildman–Crippen MR) is 123 cm³/mol. The molecule has 1 unspecified atom stereocenters. The lowest BCUT2D eigenvalue weighted by Gasteiger charge is -2.40. The van der Waals surface area contributed by atoms with E-state index in [9.17, 15) is 4.79 Å². The van der Waals surface area contributed by atoms with Gasteiger partial charge in [0.2, 0.25) is 0 Å². The second-order valence-electron chi connectivity index (χ2n) is 8.02. The summed E-state index contributed by atoms with van der Waals surface area (Å²) < 4.78 is 0. The Bertz CT molecular complexity index is 1040. The highest BCUT2D eigenvalue weighted by molar-refractivity contribution is 6.30. The van der Waals surface area contributed by atoms with E-state index < -0.39 is 0 Å². The van der Waals surface area contributed by atoms with Crippen molar-refractivity contribution in [3.8, 4) is 11.1 Å². The molecule has 4 rings (SSSR count). The molecule has 1 aliphatic heterocycles. The fourth-order valence-electron chi connectivity index (χ4n) is 4.11. The van der Waals surface area contributed by atoms with Crippen molar-refractivity contribution in [2.75, 3.05) is 18.4 Å². The molecule has 0 radical (unpaired) electrons. The third-order valence-electron chi connectivity index (χ3n) is 5.81. The third-order valence-corrected chi connectivity index (χ3v) is 6.03. The first-order valence-corrected chi connectivity index (χ1v) is 10.9. The Hall–Kier alpha value is -2.99. The number of aryl methyl sites for hydroxylation is 1. The standard InChI is InChI=1S/C24H26ClN5O/c1-16-5-4-12-30(21(16)15-28-22-10-8-19(25)14-27-22)24(31)23-20(9-7-17(2)29-23)18-6-3-11-26-13-18/h3,6-11,13-14,16,21H,4-5,12,15H2,1-2H3,(H,27,28)/t16-,21?/m1/s1. The number of halogens is 1. The van der Waals surface area contributed by atoms with Crippen LogP contribution in [-0.2, 0) is 0 Å². The molecule has 0 saturated carbocycles. The van der Waals surface area contributed by atoms with Crippen molar-refractivity contribution in [3.05, 3.63) is 71.4 Å². The maximum Gasteiger partial charge on any atom is 0.273 e. The molecule has 2 atom stereocenters. The minimum Gasteiger partial charge on any atom is -0.368 e. The maximum atomic E-state index is 13.7. The number of nitrogens with one attached hydrogen (secondary N) is 1. The number of rotatable bonds is 5. The lowest BCUT2D eigenvalue weighted by molar-refractivity contribution is 0.0534. The normalized spacial score (nSPS) is 18.6. The second kappa shape index (κ2) is 9.43. The summed E-state index contributed by atoms with van der Waals surface area (Å²) in [5, 5.41) is 3.97. The van der Waals surface area contributed by atoms with Gasteiger partial charge in [-0.1, -0.05) is 30.7 Å². The molecule has 1 N–H and O–H groups in total. The van der Waals surface area contributed by atoms with Crippen molar-refractivity contribution in [2.45, 2.75) is 32.7 Å². The van der Waals surface area contributed by atoms with Gasteiger partial charge in [0.15, 0.2) is 0 Å². The van der Waals surface area contributed by atoms with Crippen LogP contribution in [0.25, 0.3) is 11.1 Å². The van der Waals surface area contributed by atoms with Gasteiger partial charge in [0.25, 0.3) is 5.91 Å². The monoisotopic (exact) mass is 435 g/mol. The number of likely N-dealkylation sites (tertiary alicyclic amines) is 1. The van der Waals surface area contributed by atoms with Crippen molar-refractivity contribution in [3.63, 3.8) is 0 Å². The molecule has 160 valence electrons. The first-order chi connectivity index (χ1) is 15.0. The summed E-state index contributed by atoms with van der Waals surface area (Å²) in [5.74, 6) is 1.08. The summed E-state index contributed by atoms with van der Waals surface area (Å²) in [6, 6.07) is 11.4. The van der Waals surface area contributed by atoms with Crippen LogP contribution in [0.5, 0.6) is 0 Å². The summed E-state index contributed by atoms with van der Waals surface area (Å²) >= 11 is 5.94. The molecule has 0 aliphatic carbocycles. The number of carbonyl (C=O) groups is 1. The van der Waals surface area contributed by atoms with Gasteiger partial charge >= 0.3 is 0 Å². The molecule has 0 bridgehead atoms. The Morgan fingerprint density at radius 3 is 2.84 bits per heavy atom. The van der Waals surface area contributed by atoms with E-state index in [2.05, 4.69) is 27.2 Å². The molecule has 1 aliphatic rings. The zero-order valence-corrected chi connectivity index (χ0v) is 18.5. The summed E-state index contributed by atoms with van der Waals surface area (Å²) in [4.78, 5) is 28.9.